The summed E-state index contributed by atoms with van der Waals surface area (Å²) in [5.74, 6) is -1.50. The van der Waals surface area contributed by atoms with Gasteiger partial charge in [0.1, 0.15) is 16.0 Å². The largest absolute Gasteiger partial charge is 0.290 e. The molecule has 1 aliphatic carbocycles. The number of thiocarbonyl (C=S) groups is 1. The van der Waals surface area contributed by atoms with Crippen molar-refractivity contribution in [1.82, 2.24) is 4.90 Å². The van der Waals surface area contributed by atoms with Crippen molar-refractivity contribution in [3.05, 3.63) is 40.3 Å². The van der Waals surface area contributed by atoms with Gasteiger partial charge in [-0.05, 0) is 31.1 Å². The summed E-state index contributed by atoms with van der Waals surface area (Å²) in [6.07, 6.45) is 3.35. The van der Waals surface area contributed by atoms with Crippen molar-refractivity contribution in [1.29, 1.82) is 0 Å². The first-order valence-corrected chi connectivity index (χ1v) is 7.01. The summed E-state index contributed by atoms with van der Waals surface area (Å²) in [6.45, 7) is 0. The molecule has 1 saturated carbocycles. The lowest BCUT2D eigenvalue weighted by molar-refractivity contribution is -0.122. The lowest BCUT2D eigenvalue weighted by Crippen LogP contribution is -2.30. The SMILES string of the molecule is O=C1/C(=C/c2ccc(F)cc2F)SC(=S)N1C1CC1. The van der Waals surface area contributed by atoms with Crippen LogP contribution >= 0.6 is 24.0 Å². The quantitative estimate of drug-likeness (QED) is 0.617. The Bertz CT molecular complexity index is 611. The van der Waals surface area contributed by atoms with E-state index < -0.39 is 11.6 Å². The van der Waals surface area contributed by atoms with E-state index in [-0.39, 0.29) is 17.5 Å². The minimum absolute atomic E-state index is 0.179. The van der Waals surface area contributed by atoms with Crippen molar-refractivity contribution < 1.29 is 13.6 Å². The first kappa shape index (κ1) is 12.7. The van der Waals surface area contributed by atoms with Gasteiger partial charge in [0.15, 0.2) is 0 Å². The first-order valence-electron chi connectivity index (χ1n) is 5.78. The molecule has 0 unspecified atom stereocenters. The minimum atomic E-state index is -0.684. The Kier molecular flexibility index (Phi) is 3.14. The van der Waals surface area contributed by atoms with Gasteiger partial charge in [-0.25, -0.2) is 8.78 Å². The third-order valence-corrected chi connectivity index (χ3v) is 4.32. The molecule has 1 saturated heterocycles. The fourth-order valence-electron chi connectivity index (χ4n) is 1.89. The molecule has 98 valence electrons. The lowest BCUT2D eigenvalue weighted by atomic mass is 10.2. The Labute approximate surface area is 118 Å². The predicted molar refractivity (Wildman–Crippen MR) is 74.4 cm³/mol. The third kappa shape index (κ3) is 2.42. The number of hydrogen-bond donors (Lipinski definition) is 0. The molecule has 1 aromatic rings. The molecule has 2 fully saturated rings. The van der Waals surface area contributed by atoms with Gasteiger partial charge in [-0.3, -0.25) is 9.69 Å². The van der Waals surface area contributed by atoms with Crippen LogP contribution in [0.2, 0.25) is 0 Å². The molecular formula is C13H9F2NOS2. The van der Waals surface area contributed by atoms with Crippen LogP contribution in [0.4, 0.5) is 8.78 Å². The standard InChI is InChI=1S/C13H9F2NOS2/c14-8-2-1-7(10(15)6-8)5-11-12(17)16(9-3-4-9)13(18)19-11/h1-2,5-6,9H,3-4H2/b11-5-. The van der Waals surface area contributed by atoms with Gasteiger partial charge in [0, 0.05) is 17.7 Å². The summed E-state index contributed by atoms with van der Waals surface area (Å²) in [7, 11) is 0. The van der Waals surface area contributed by atoms with Crippen LogP contribution in [0.1, 0.15) is 18.4 Å². The highest BCUT2D eigenvalue weighted by Crippen LogP contribution is 2.40. The number of amides is 1. The van der Waals surface area contributed by atoms with E-state index >= 15 is 0 Å². The summed E-state index contributed by atoms with van der Waals surface area (Å²) < 4.78 is 26.9. The number of benzene rings is 1. The fourth-order valence-corrected chi connectivity index (χ4v) is 3.28. The monoisotopic (exact) mass is 297 g/mol. The molecule has 6 heteroatoms. The zero-order chi connectivity index (χ0) is 13.6. The summed E-state index contributed by atoms with van der Waals surface area (Å²) >= 11 is 6.32. The average Bonchev–Trinajstić information content (AvgIpc) is 3.12. The Morgan fingerprint density at radius 2 is 2.11 bits per heavy atom. The average molecular weight is 297 g/mol. The van der Waals surface area contributed by atoms with E-state index in [1.807, 2.05) is 0 Å². The summed E-state index contributed by atoms with van der Waals surface area (Å²) in [4.78, 5) is 14.1. The smallest absolute Gasteiger partial charge is 0.266 e. The Morgan fingerprint density at radius 1 is 1.37 bits per heavy atom. The van der Waals surface area contributed by atoms with Gasteiger partial charge in [-0.2, -0.15) is 0 Å². The summed E-state index contributed by atoms with van der Waals surface area (Å²) in [5, 5.41) is 0. The highest BCUT2D eigenvalue weighted by atomic mass is 32.2. The molecule has 0 bridgehead atoms. The Balaban J connectivity index is 1.91. The van der Waals surface area contributed by atoms with Crippen LogP contribution in [-0.2, 0) is 4.79 Å². The van der Waals surface area contributed by atoms with Crippen molar-refractivity contribution >= 4 is 40.3 Å². The van der Waals surface area contributed by atoms with Gasteiger partial charge < -0.3 is 0 Å². The maximum atomic E-state index is 13.5. The van der Waals surface area contributed by atoms with E-state index in [2.05, 4.69) is 0 Å². The normalized spacial score (nSPS) is 21.6. The van der Waals surface area contributed by atoms with Crippen LogP contribution < -0.4 is 0 Å². The van der Waals surface area contributed by atoms with Crippen molar-refractivity contribution in [2.75, 3.05) is 0 Å². The number of carbonyl (C=O) groups excluding carboxylic acids is 1. The van der Waals surface area contributed by atoms with Gasteiger partial charge in [-0.1, -0.05) is 24.0 Å². The van der Waals surface area contributed by atoms with Crippen LogP contribution in [-0.4, -0.2) is 21.2 Å². The van der Waals surface area contributed by atoms with Crippen LogP contribution in [0.3, 0.4) is 0 Å². The number of carbonyl (C=O) groups is 1. The second-order valence-corrected chi connectivity index (χ2v) is 6.12. The number of hydrogen-bond acceptors (Lipinski definition) is 3. The molecule has 2 nitrogen and oxygen atoms in total. The van der Waals surface area contributed by atoms with E-state index in [4.69, 9.17) is 12.2 Å². The van der Waals surface area contributed by atoms with Crippen LogP contribution in [0.15, 0.2) is 23.1 Å². The molecule has 1 aliphatic heterocycles. The highest BCUT2D eigenvalue weighted by molar-refractivity contribution is 8.26. The van der Waals surface area contributed by atoms with Gasteiger partial charge in [0.05, 0.1) is 4.91 Å². The van der Waals surface area contributed by atoms with E-state index in [1.165, 1.54) is 23.9 Å². The second-order valence-electron chi connectivity index (χ2n) is 4.45. The predicted octanol–water partition coefficient (Wildman–Crippen LogP) is 3.33. The number of nitrogens with zero attached hydrogens (tertiary/aromatic N) is 1. The first-order chi connectivity index (χ1) is 9.06. The molecule has 0 atom stereocenters. The molecule has 0 radical (unpaired) electrons. The molecule has 0 N–H and O–H groups in total. The third-order valence-electron chi connectivity index (χ3n) is 2.98. The lowest BCUT2D eigenvalue weighted by Gasteiger charge is -2.11. The fraction of sp³-hybridized carbons (Fsp3) is 0.231. The van der Waals surface area contributed by atoms with E-state index in [1.54, 1.807) is 4.90 Å². The Morgan fingerprint density at radius 3 is 2.74 bits per heavy atom. The van der Waals surface area contributed by atoms with Crippen LogP contribution in [0.25, 0.3) is 6.08 Å². The van der Waals surface area contributed by atoms with Crippen molar-refractivity contribution in [3.8, 4) is 0 Å². The highest BCUT2D eigenvalue weighted by Gasteiger charge is 2.41. The van der Waals surface area contributed by atoms with Crippen LogP contribution in [0.5, 0.6) is 0 Å². The zero-order valence-corrected chi connectivity index (χ0v) is 11.4. The van der Waals surface area contributed by atoms with E-state index in [9.17, 15) is 13.6 Å². The molecular weight excluding hydrogens is 288 g/mol. The Hall–Kier alpha value is -1.27. The minimum Gasteiger partial charge on any atom is -0.290 e. The molecule has 0 aromatic heterocycles. The van der Waals surface area contributed by atoms with E-state index in [0.29, 0.717) is 9.23 Å². The second kappa shape index (κ2) is 4.68. The topological polar surface area (TPSA) is 20.3 Å². The van der Waals surface area contributed by atoms with Gasteiger partial charge in [0.25, 0.3) is 5.91 Å². The number of rotatable bonds is 2. The van der Waals surface area contributed by atoms with Crippen molar-refractivity contribution in [2.24, 2.45) is 0 Å². The van der Waals surface area contributed by atoms with Crippen molar-refractivity contribution in [2.45, 2.75) is 18.9 Å². The molecule has 1 aromatic carbocycles. The van der Waals surface area contributed by atoms with Gasteiger partial charge in [0.2, 0.25) is 0 Å². The molecule has 1 amide bonds. The van der Waals surface area contributed by atoms with E-state index in [0.717, 1.165) is 25.0 Å². The molecule has 3 rings (SSSR count). The summed E-state index contributed by atoms with van der Waals surface area (Å²) in [6, 6.07) is 3.48. The number of thioether (sulfide) groups is 1. The van der Waals surface area contributed by atoms with Crippen LogP contribution in [0, 0.1) is 11.6 Å². The molecule has 0 spiro atoms. The zero-order valence-electron chi connectivity index (χ0n) is 9.73. The maximum absolute atomic E-state index is 13.5. The van der Waals surface area contributed by atoms with Crippen molar-refractivity contribution in [3.63, 3.8) is 0 Å². The molecule has 2 aliphatic rings. The molecule has 19 heavy (non-hydrogen) atoms. The maximum Gasteiger partial charge on any atom is 0.266 e. The molecule has 1 heterocycles. The summed E-state index contributed by atoms with van der Waals surface area (Å²) in [5.41, 5.74) is 0.192. The van der Waals surface area contributed by atoms with Gasteiger partial charge in [-0.15, -0.1) is 0 Å². The van der Waals surface area contributed by atoms with Gasteiger partial charge >= 0.3 is 0 Å². The number of halogens is 2.